The Morgan fingerprint density at radius 2 is 1.67 bits per heavy atom. The first-order valence-corrected chi connectivity index (χ1v) is 13.2. The molecule has 1 atom stereocenters. The number of hydrogen-bond donors (Lipinski definition) is 1. The third-order valence-electron chi connectivity index (χ3n) is 5.38. The molecule has 9 heteroatoms. The zero-order valence-corrected chi connectivity index (χ0v) is 20.9. The molecule has 2 aromatic rings. The predicted octanol–water partition coefficient (Wildman–Crippen LogP) is 3.48. The number of hydrogen-bond acceptors (Lipinski definition) is 4. The topological polar surface area (TPSA) is 86.8 Å². The third kappa shape index (κ3) is 8.05. The van der Waals surface area contributed by atoms with E-state index in [4.69, 9.17) is 11.6 Å². The molecule has 0 aliphatic rings. The average molecular weight is 494 g/mol. The summed E-state index contributed by atoms with van der Waals surface area (Å²) >= 11 is 5.92. The van der Waals surface area contributed by atoms with E-state index in [9.17, 15) is 18.0 Å². The van der Waals surface area contributed by atoms with Crippen LogP contribution in [0.5, 0.6) is 0 Å². The van der Waals surface area contributed by atoms with Crippen LogP contribution in [0.1, 0.15) is 31.7 Å². The second kappa shape index (κ2) is 12.6. The van der Waals surface area contributed by atoms with Crippen LogP contribution < -0.4 is 9.62 Å². The van der Waals surface area contributed by atoms with E-state index in [2.05, 4.69) is 5.32 Å². The number of carbonyl (C=O) groups is 2. The van der Waals surface area contributed by atoms with Gasteiger partial charge < -0.3 is 10.2 Å². The Hall–Kier alpha value is -2.58. The number of carbonyl (C=O) groups excluding carboxylic acids is 2. The molecule has 0 heterocycles. The molecule has 0 aromatic heterocycles. The third-order valence-corrected chi connectivity index (χ3v) is 6.83. The SMILES string of the molecule is CCC(C(=O)NC)N(CCc1ccccc1)C(=O)CCCN(c1ccc(Cl)cc1)S(C)(=O)=O. The maximum absolute atomic E-state index is 13.2. The Balaban J connectivity index is 2.11. The molecule has 1 unspecified atom stereocenters. The van der Waals surface area contributed by atoms with Crippen molar-refractivity contribution in [2.45, 2.75) is 38.6 Å². The first kappa shape index (κ1) is 26.7. The number of rotatable bonds is 12. The summed E-state index contributed by atoms with van der Waals surface area (Å²) in [6.07, 6.45) is 2.69. The first-order chi connectivity index (χ1) is 15.7. The number of sulfonamides is 1. The number of nitrogens with zero attached hydrogens (tertiary/aromatic N) is 2. The maximum Gasteiger partial charge on any atom is 0.242 e. The van der Waals surface area contributed by atoms with Gasteiger partial charge in [0.25, 0.3) is 0 Å². The van der Waals surface area contributed by atoms with Crippen LogP contribution in [0.4, 0.5) is 5.69 Å². The minimum Gasteiger partial charge on any atom is -0.357 e. The van der Waals surface area contributed by atoms with Gasteiger partial charge in [0, 0.05) is 31.6 Å². The summed E-state index contributed by atoms with van der Waals surface area (Å²) in [5, 5.41) is 3.15. The van der Waals surface area contributed by atoms with Gasteiger partial charge in [-0.1, -0.05) is 48.9 Å². The lowest BCUT2D eigenvalue weighted by molar-refractivity contribution is -0.140. The number of amides is 2. The van der Waals surface area contributed by atoms with Crippen molar-refractivity contribution in [1.29, 1.82) is 0 Å². The van der Waals surface area contributed by atoms with Gasteiger partial charge in [-0.05, 0) is 49.1 Å². The second-order valence-electron chi connectivity index (χ2n) is 7.78. The quantitative estimate of drug-likeness (QED) is 0.490. The van der Waals surface area contributed by atoms with Crippen LogP contribution in [0.25, 0.3) is 0 Å². The zero-order valence-electron chi connectivity index (χ0n) is 19.3. The van der Waals surface area contributed by atoms with Crippen molar-refractivity contribution in [1.82, 2.24) is 10.2 Å². The lowest BCUT2D eigenvalue weighted by atomic mass is 10.1. The number of nitrogens with one attached hydrogen (secondary N) is 1. The molecule has 0 fully saturated rings. The molecule has 1 N–H and O–H groups in total. The van der Waals surface area contributed by atoms with Gasteiger partial charge in [-0.15, -0.1) is 0 Å². The molecule has 2 rings (SSSR count). The van der Waals surface area contributed by atoms with Crippen LogP contribution in [0.15, 0.2) is 54.6 Å². The molecular formula is C24H32ClN3O4S. The first-order valence-electron chi connectivity index (χ1n) is 11.0. The van der Waals surface area contributed by atoms with Crippen LogP contribution in [0, 0.1) is 0 Å². The van der Waals surface area contributed by atoms with E-state index in [1.54, 1.807) is 36.2 Å². The van der Waals surface area contributed by atoms with Crippen LogP contribution in [0.2, 0.25) is 5.02 Å². The Kier molecular flexibility index (Phi) is 10.2. The smallest absolute Gasteiger partial charge is 0.242 e. The Labute approximate surface area is 201 Å². The van der Waals surface area contributed by atoms with Crippen LogP contribution in [-0.4, -0.2) is 57.6 Å². The summed E-state index contributed by atoms with van der Waals surface area (Å²) in [5.41, 5.74) is 1.57. The van der Waals surface area contributed by atoms with Gasteiger partial charge in [0.1, 0.15) is 6.04 Å². The van der Waals surface area contributed by atoms with Gasteiger partial charge in [0.15, 0.2) is 0 Å². The fourth-order valence-corrected chi connectivity index (χ4v) is 4.77. The summed E-state index contributed by atoms with van der Waals surface area (Å²) in [4.78, 5) is 27.2. The van der Waals surface area contributed by atoms with E-state index in [0.717, 1.165) is 11.8 Å². The molecule has 0 saturated carbocycles. The standard InChI is InChI=1S/C24H32ClN3O4S/c1-4-22(24(30)26-2)27(18-16-19-9-6-5-7-10-19)23(29)11-8-17-28(33(3,31)32)21-14-12-20(25)13-15-21/h5-7,9-10,12-15,22H,4,8,11,16-18H2,1-3H3,(H,26,30). The van der Waals surface area contributed by atoms with E-state index in [0.29, 0.717) is 36.5 Å². The summed E-state index contributed by atoms with van der Waals surface area (Å²) < 4.78 is 25.9. The van der Waals surface area contributed by atoms with Crippen molar-refractivity contribution in [2.24, 2.45) is 0 Å². The number of benzene rings is 2. The zero-order chi connectivity index (χ0) is 24.4. The number of anilines is 1. The molecule has 0 saturated heterocycles. The summed E-state index contributed by atoms with van der Waals surface area (Å²) in [6.45, 7) is 2.42. The largest absolute Gasteiger partial charge is 0.357 e. The van der Waals surface area contributed by atoms with Crippen molar-refractivity contribution in [3.63, 3.8) is 0 Å². The van der Waals surface area contributed by atoms with Crippen molar-refractivity contribution in [2.75, 3.05) is 30.7 Å². The van der Waals surface area contributed by atoms with Crippen LogP contribution in [-0.2, 0) is 26.0 Å². The lowest BCUT2D eigenvalue weighted by Gasteiger charge is -2.30. The molecular weight excluding hydrogens is 462 g/mol. The van der Waals surface area contributed by atoms with Crippen molar-refractivity contribution in [3.8, 4) is 0 Å². The van der Waals surface area contributed by atoms with Gasteiger partial charge in [0.05, 0.1) is 11.9 Å². The fraction of sp³-hybridized carbons (Fsp3) is 0.417. The predicted molar refractivity (Wildman–Crippen MR) is 133 cm³/mol. The molecule has 180 valence electrons. The minimum atomic E-state index is -3.53. The highest BCUT2D eigenvalue weighted by Crippen LogP contribution is 2.21. The van der Waals surface area contributed by atoms with Crippen LogP contribution >= 0.6 is 11.6 Å². The molecule has 0 radical (unpaired) electrons. The van der Waals surface area contributed by atoms with Crippen molar-refractivity contribution >= 4 is 39.1 Å². The molecule has 2 amide bonds. The minimum absolute atomic E-state index is 0.127. The molecule has 0 aliphatic heterocycles. The van der Waals surface area contributed by atoms with E-state index < -0.39 is 16.1 Å². The molecule has 0 spiro atoms. The normalized spacial score (nSPS) is 12.1. The van der Waals surface area contributed by atoms with Gasteiger partial charge in [-0.3, -0.25) is 13.9 Å². The van der Waals surface area contributed by atoms with Gasteiger partial charge in [0.2, 0.25) is 21.8 Å². The summed E-state index contributed by atoms with van der Waals surface area (Å²) in [6, 6.07) is 15.7. The summed E-state index contributed by atoms with van der Waals surface area (Å²) in [5.74, 6) is -0.385. The molecule has 2 aromatic carbocycles. The Bertz CT molecular complexity index is 1010. The highest BCUT2D eigenvalue weighted by Gasteiger charge is 2.27. The Morgan fingerprint density at radius 1 is 1.03 bits per heavy atom. The molecule has 7 nitrogen and oxygen atoms in total. The van der Waals surface area contributed by atoms with E-state index in [-0.39, 0.29) is 24.8 Å². The monoisotopic (exact) mass is 493 g/mol. The molecule has 33 heavy (non-hydrogen) atoms. The second-order valence-corrected chi connectivity index (χ2v) is 10.1. The van der Waals surface area contributed by atoms with E-state index in [1.807, 2.05) is 37.3 Å². The number of likely N-dealkylation sites (N-methyl/N-ethyl adjacent to an activating group) is 1. The van der Waals surface area contributed by atoms with Gasteiger partial charge in [-0.2, -0.15) is 0 Å². The van der Waals surface area contributed by atoms with Crippen molar-refractivity contribution in [3.05, 3.63) is 65.2 Å². The Morgan fingerprint density at radius 3 is 2.21 bits per heavy atom. The average Bonchev–Trinajstić information content (AvgIpc) is 2.79. The molecule has 0 bridgehead atoms. The summed E-state index contributed by atoms with van der Waals surface area (Å²) in [7, 11) is -1.98. The lowest BCUT2D eigenvalue weighted by Crippen LogP contribution is -2.49. The number of halogens is 1. The van der Waals surface area contributed by atoms with Gasteiger partial charge in [-0.25, -0.2) is 8.42 Å². The van der Waals surface area contributed by atoms with E-state index in [1.165, 1.54) is 4.31 Å². The fourth-order valence-electron chi connectivity index (χ4n) is 3.67. The highest BCUT2D eigenvalue weighted by molar-refractivity contribution is 7.92. The molecule has 0 aliphatic carbocycles. The van der Waals surface area contributed by atoms with Crippen molar-refractivity contribution < 1.29 is 18.0 Å². The maximum atomic E-state index is 13.2. The highest BCUT2D eigenvalue weighted by atomic mass is 35.5. The van der Waals surface area contributed by atoms with Crippen LogP contribution in [0.3, 0.4) is 0 Å². The van der Waals surface area contributed by atoms with Gasteiger partial charge >= 0.3 is 0 Å². The van der Waals surface area contributed by atoms with E-state index >= 15 is 0 Å².